The molecule has 0 radical (unpaired) electrons. The molecule has 0 aliphatic carbocycles. The highest BCUT2D eigenvalue weighted by Crippen LogP contribution is 2.40. The Labute approximate surface area is 81.0 Å². The first-order valence-electron chi connectivity index (χ1n) is 5.08. The van der Waals surface area contributed by atoms with E-state index in [9.17, 15) is 4.57 Å². The van der Waals surface area contributed by atoms with E-state index in [0.717, 1.165) is 12.8 Å². The molecular weight excluding hydrogens is 187 g/mol. The lowest BCUT2D eigenvalue weighted by atomic mass is 10.2. The number of unbranched alkanes of at least 4 members (excludes halogenated alkanes) is 4. The van der Waals surface area contributed by atoms with Gasteiger partial charge in [-0.15, -0.1) is 0 Å². The Hall–Kier alpha value is 0.150. The van der Waals surface area contributed by atoms with Crippen LogP contribution in [0.25, 0.3) is 0 Å². The van der Waals surface area contributed by atoms with Gasteiger partial charge in [0.2, 0.25) is 0 Å². The molecule has 0 aliphatic rings. The van der Waals surface area contributed by atoms with Gasteiger partial charge in [0.05, 0.1) is 6.61 Å². The fourth-order valence-electron chi connectivity index (χ4n) is 1.00. The first-order chi connectivity index (χ1) is 6.12. The van der Waals surface area contributed by atoms with Crippen LogP contribution < -0.4 is 0 Å². The fourth-order valence-corrected chi connectivity index (χ4v) is 1.60. The molecule has 1 N–H and O–H groups in total. The van der Waals surface area contributed by atoms with Gasteiger partial charge in [0.25, 0.3) is 0 Å². The molecule has 0 saturated carbocycles. The number of hydrogen-bond acceptors (Lipinski definition) is 2. The average molecular weight is 208 g/mol. The summed E-state index contributed by atoms with van der Waals surface area (Å²) < 4.78 is 15.9. The van der Waals surface area contributed by atoms with E-state index in [0.29, 0.717) is 6.61 Å². The van der Waals surface area contributed by atoms with E-state index in [1.807, 2.05) is 0 Å². The molecule has 0 aromatic carbocycles. The van der Waals surface area contributed by atoms with Crippen LogP contribution in [0.1, 0.15) is 46.0 Å². The first-order valence-corrected chi connectivity index (χ1v) is 6.85. The lowest BCUT2D eigenvalue weighted by Gasteiger charge is -2.08. The first kappa shape index (κ1) is 13.2. The largest absolute Gasteiger partial charge is 0.327 e. The molecule has 0 fully saturated rings. The van der Waals surface area contributed by atoms with Gasteiger partial charge in [-0.3, -0.25) is 4.57 Å². The molecular formula is C9H21O3P. The molecule has 0 aromatic rings. The van der Waals surface area contributed by atoms with Crippen molar-refractivity contribution in [1.82, 2.24) is 0 Å². The zero-order valence-electron chi connectivity index (χ0n) is 8.66. The van der Waals surface area contributed by atoms with E-state index in [4.69, 9.17) is 9.42 Å². The summed E-state index contributed by atoms with van der Waals surface area (Å²) in [7, 11) is -3.23. The Morgan fingerprint density at radius 3 is 2.31 bits per heavy atom. The number of rotatable bonds is 8. The summed E-state index contributed by atoms with van der Waals surface area (Å²) in [5.74, 6) is 0. The summed E-state index contributed by atoms with van der Waals surface area (Å²) in [5, 5.41) is 0. The molecule has 0 heterocycles. The zero-order valence-corrected chi connectivity index (χ0v) is 9.56. The van der Waals surface area contributed by atoms with Crippen LogP contribution in [-0.2, 0) is 9.09 Å². The summed E-state index contributed by atoms with van der Waals surface area (Å²) in [6.45, 7) is 4.25. The highest BCUT2D eigenvalue weighted by Gasteiger charge is 2.14. The Morgan fingerprint density at radius 2 is 1.77 bits per heavy atom. The van der Waals surface area contributed by atoms with Gasteiger partial charge in [-0.2, -0.15) is 0 Å². The Morgan fingerprint density at radius 1 is 1.15 bits per heavy atom. The van der Waals surface area contributed by atoms with Crippen LogP contribution >= 0.6 is 7.60 Å². The third-order valence-electron chi connectivity index (χ3n) is 1.94. The topological polar surface area (TPSA) is 46.5 Å². The maximum absolute atomic E-state index is 11.0. The molecule has 0 bridgehead atoms. The van der Waals surface area contributed by atoms with E-state index < -0.39 is 7.60 Å². The molecule has 0 amide bonds. The van der Waals surface area contributed by atoms with Crippen LogP contribution in [0.15, 0.2) is 0 Å². The second kappa shape index (κ2) is 7.54. The third-order valence-corrected chi connectivity index (χ3v) is 3.33. The molecule has 0 aliphatic heterocycles. The second-order valence-corrected chi connectivity index (χ2v) is 5.37. The van der Waals surface area contributed by atoms with Gasteiger partial charge < -0.3 is 9.42 Å². The predicted molar refractivity (Wildman–Crippen MR) is 55.1 cm³/mol. The van der Waals surface area contributed by atoms with Gasteiger partial charge in [0, 0.05) is 6.16 Å². The van der Waals surface area contributed by atoms with Gasteiger partial charge in [-0.05, 0) is 6.42 Å². The molecule has 3 nitrogen and oxygen atoms in total. The Kier molecular flexibility index (Phi) is 7.63. The maximum atomic E-state index is 11.0. The maximum Gasteiger partial charge on any atom is 0.327 e. The summed E-state index contributed by atoms with van der Waals surface area (Å²) in [5.41, 5.74) is 0. The van der Waals surface area contributed by atoms with E-state index in [-0.39, 0.29) is 6.16 Å². The van der Waals surface area contributed by atoms with E-state index in [1.54, 1.807) is 6.92 Å². The van der Waals surface area contributed by atoms with Gasteiger partial charge in [-0.1, -0.05) is 39.5 Å². The SMILES string of the molecule is CCCCCCCOP(=O)(O)CC. The molecule has 0 saturated heterocycles. The van der Waals surface area contributed by atoms with Gasteiger partial charge >= 0.3 is 7.60 Å². The van der Waals surface area contributed by atoms with Crippen molar-refractivity contribution in [2.24, 2.45) is 0 Å². The van der Waals surface area contributed by atoms with Crippen molar-refractivity contribution in [2.75, 3.05) is 12.8 Å². The number of hydrogen-bond donors (Lipinski definition) is 1. The highest BCUT2D eigenvalue weighted by atomic mass is 31.2. The van der Waals surface area contributed by atoms with Crippen molar-refractivity contribution < 1.29 is 14.0 Å². The molecule has 1 unspecified atom stereocenters. The summed E-state index contributed by atoms with van der Waals surface area (Å²) >= 11 is 0. The molecule has 0 aromatic heterocycles. The monoisotopic (exact) mass is 208 g/mol. The van der Waals surface area contributed by atoms with E-state index >= 15 is 0 Å². The minimum atomic E-state index is -3.23. The second-order valence-electron chi connectivity index (χ2n) is 3.20. The highest BCUT2D eigenvalue weighted by molar-refractivity contribution is 7.52. The summed E-state index contributed by atoms with van der Waals surface area (Å²) in [4.78, 5) is 9.06. The smallest absolute Gasteiger partial charge is 0.324 e. The Bertz CT molecular complexity index is 159. The standard InChI is InChI=1S/C9H21O3P/c1-3-5-6-7-8-9-12-13(10,11)4-2/h3-9H2,1-2H3,(H,10,11). The molecule has 13 heavy (non-hydrogen) atoms. The quantitative estimate of drug-likeness (QED) is 0.492. The van der Waals surface area contributed by atoms with Crippen LogP contribution in [0.4, 0.5) is 0 Å². The van der Waals surface area contributed by atoms with Gasteiger partial charge in [-0.25, -0.2) is 0 Å². The average Bonchev–Trinajstić information content (AvgIpc) is 2.11. The van der Waals surface area contributed by atoms with Crippen molar-refractivity contribution in [2.45, 2.75) is 46.0 Å². The predicted octanol–water partition coefficient (Wildman–Crippen LogP) is 3.18. The minimum Gasteiger partial charge on any atom is -0.324 e. The van der Waals surface area contributed by atoms with Crippen molar-refractivity contribution in [1.29, 1.82) is 0 Å². The molecule has 80 valence electrons. The lowest BCUT2D eigenvalue weighted by Crippen LogP contribution is -1.94. The van der Waals surface area contributed by atoms with Gasteiger partial charge in [0.15, 0.2) is 0 Å². The fraction of sp³-hybridized carbons (Fsp3) is 1.00. The van der Waals surface area contributed by atoms with Crippen LogP contribution in [0.5, 0.6) is 0 Å². The molecule has 0 spiro atoms. The van der Waals surface area contributed by atoms with Crippen molar-refractivity contribution in [3.8, 4) is 0 Å². The van der Waals surface area contributed by atoms with Crippen LogP contribution in [-0.4, -0.2) is 17.7 Å². The molecule has 0 rings (SSSR count). The normalized spacial score (nSPS) is 15.6. The Balaban J connectivity index is 3.21. The van der Waals surface area contributed by atoms with Gasteiger partial charge in [0.1, 0.15) is 0 Å². The summed E-state index contributed by atoms with van der Waals surface area (Å²) in [6.07, 6.45) is 5.85. The van der Waals surface area contributed by atoms with Crippen LogP contribution in [0.3, 0.4) is 0 Å². The van der Waals surface area contributed by atoms with E-state index in [2.05, 4.69) is 6.92 Å². The van der Waals surface area contributed by atoms with Crippen molar-refractivity contribution in [3.05, 3.63) is 0 Å². The molecule has 4 heteroatoms. The third kappa shape index (κ3) is 8.48. The van der Waals surface area contributed by atoms with Crippen LogP contribution in [0.2, 0.25) is 0 Å². The molecule has 1 atom stereocenters. The van der Waals surface area contributed by atoms with Crippen molar-refractivity contribution in [3.63, 3.8) is 0 Å². The zero-order chi connectivity index (χ0) is 10.2. The summed E-state index contributed by atoms with van der Waals surface area (Å²) in [6, 6.07) is 0. The lowest BCUT2D eigenvalue weighted by molar-refractivity contribution is 0.253. The van der Waals surface area contributed by atoms with Crippen molar-refractivity contribution >= 4 is 7.60 Å². The minimum absolute atomic E-state index is 0.210. The van der Waals surface area contributed by atoms with E-state index in [1.165, 1.54) is 19.3 Å². The van der Waals surface area contributed by atoms with Crippen LogP contribution in [0, 0.1) is 0 Å².